The van der Waals surface area contributed by atoms with E-state index >= 15 is 0 Å². The Hall–Kier alpha value is -4.65. The molecule has 0 fully saturated rings. The molecule has 0 spiro atoms. The van der Waals surface area contributed by atoms with E-state index in [-0.39, 0.29) is 41.0 Å². The second-order valence-electron chi connectivity index (χ2n) is 8.84. The van der Waals surface area contributed by atoms with Gasteiger partial charge in [-0.05, 0) is 48.4 Å². The van der Waals surface area contributed by atoms with Gasteiger partial charge < -0.3 is 9.47 Å². The Morgan fingerprint density at radius 1 is 1.10 bits per heavy atom. The predicted molar refractivity (Wildman–Crippen MR) is 152 cm³/mol. The van der Waals surface area contributed by atoms with Gasteiger partial charge in [-0.15, -0.1) is 0 Å². The molecule has 4 rings (SSSR count). The van der Waals surface area contributed by atoms with Crippen molar-refractivity contribution in [1.82, 2.24) is 9.66 Å². The molecule has 4 aromatic rings. The molecular weight excluding hydrogens is 586 g/mol. The van der Waals surface area contributed by atoms with Crippen LogP contribution in [0.4, 0.5) is 11.4 Å². The molecule has 1 atom stereocenters. The summed E-state index contributed by atoms with van der Waals surface area (Å²) >= 11 is 3.38. The van der Waals surface area contributed by atoms with Gasteiger partial charge >= 0.3 is 5.69 Å². The van der Waals surface area contributed by atoms with E-state index in [1.807, 2.05) is 13.8 Å². The maximum atomic E-state index is 13.4. The Morgan fingerprint density at radius 3 is 2.45 bits per heavy atom. The molecule has 0 amide bonds. The molecule has 1 aromatic heterocycles. The lowest BCUT2D eigenvalue weighted by Crippen LogP contribution is -2.23. The lowest BCUT2D eigenvalue weighted by Gasteiger charge is -2.14. The second-order valence-corrected chi connectivity index (χ2v) is 9.76. The number of halogens is 1. The van der Waals surface area contributed by atoms with Crippen molar-refractivity contribution in [2.45, 2.75) is 32.8 Å². The quantitative estimate of drug-likeness (QED) is 0.121. The van der Waals surface area contributed by atoms with Gasteiger partial charge in [0.1, 0.15) is 12.4 Å². The Labute approximate surface area is 236 Å². The number of nitro groups is 2. The van der Waals surface area contributed by atoms with Crippen molar-refractivity contribution in [2.24, 2.45) is 5.10 Å². The minimum Gasteiger partial charge on any atom is -0.493 e. The number of hydrogen-bond donors (Lipinski definition) is 0. The molecule has 0 aliphatic carbocycles. The summed E-state index contributed by atoms with van der Waals surface area (Å²) in [6, 6.07) is 13.6. The first-order valence-corrected chi connectivity index (χ1v) is 12.9. The molecule has 40 heavy (non-hydrogen) atoms. The number of nitro benzene ring substituents is 2. The minimum absolute atomic E-state index is 0.0765. The minimum atomic E-state index is -0.614. The SMILES string of the molecule is CC[C@@H](C)c1nc2ccc(Br)cc2c(=O)n1N=Cc1cc(OC)c(OCc2ccc([N+](=O)[O-])cc2)c([N+](=O)[O-])c1. The molecule has 1 heterocycles. The smallest absolute Gasteiger partial charge is 0.315 e. The van der Waals surface area contributed by atoms with Crippen molar-refractivity contribution in [3.63, 3.8) is 0 Å². The highest BCUT2D eigenvalue weighted by Gasteiger charge is 2.23. The van der Waals surface area contributed by atoms with Crippen molar-refractivity contribution >= 4 is 44.4 Å². The summed E-state index contributed by atoms with van der Waals surface area (Å²) in [5.74, 6) is 0.338. The van der Waals surface area contributed by atoms with Gasteiger partial charge in [-0.3, -0.25) is 25.0 Å². The standard InChI is InChI=1S/C27H24BrN5O7/c1-4-16(2)26-30-22-10-7-19(28)13-21(22)27(34)31(26)29-14-18-11-23(33(37)38)25(24(12-18)39-3)40-15-17-5-8-20(9-6-17)32(35)36/h5-14,16H,4,15H2,1-3H3/t16-/m1/s1. The number of methoxy groups -OCH3 is 1. The fourth-order valence-corrected chi connectivity index (χ4v) is 4.25. The van der Waals surface area contributed by atoms with Crippen LogP contribution in [0.1, 0.15) is 43.1 Å². The summed E-state index contributed by atoms with van der Waals surface area (Å²) < 4.78 is 13.0. The van der Waals surface area contributed by atoms with E-state index in [0.717, 1.165) is 4.47 Å². The molecule has 0 aliphatic heterocycles. The van der Waals surface area contributed by atoms with E-state index in [0.29, 0.717) is 34.3 Å². The normalized spacial score (nSPS) is 12.0. The number of nitrogens with zero attached hydrogens (tertiary/aromatic N) is 5. The van der Waals surface area contributed by atoms with E-state index in [1.54, 1.807) is 18.2 Å². The molecule has 12 nitrogen and oxygen atoms in total. The lowest BCUT2D eigenvalue weighted by atomic mass is 10.1. The monoisotopic (exact) mass is 609 g/mol. The summed E-state index contributed by atoms with van der Waals surface area (Å²) in [6.07, 6.45) is 2.04. The first kappa shape index (κ1) is 28.4. The highest BCUT2D eigenvalue weighted by atomic mass is 79.9. The van der Waals surface area contributed by atoms with Gasteiger partial charge in [0.15, 0.2) is 5.75 Å². The average Bonchev–Trinajstić information content (AvgIpc) is 2.95. The molecular formula is C27H24BrN5O7. The maximum Gasteiger partial charge on any atom is 0.315 e. The van der Waals surface area contributed by atoms with Gasteiger partial charge in [-0.25, -0.2) is 4.98 Å². The molecule has 0 unspecified atom stereocenters. The Bertz CT molecular complexity index is 1690. The number of non-ortho nitro benzene ring substituents is 1. The molecule has 13 heteroatoms. The van der Waals surface area contributed by atoms with Gasteiger partial charge in [0, 0.05) is 34.2 Å². The molecule has 0 bridgehead atoms. The summed E-state index contributed by atoms with van der Waals surface area (Å²) in [5, 5.41) is 27.6. The van der Waals surface area contributed by atoms with E-state index in [1.165, 1.54) is 54.4 Å². The zero-order valence-electron chi connectivity index (χ0n) is 21.7. The second kappa shape index (κ2) is 12.0. The molecule has 0 radical (unpaired) electrons. The van der Waals surface area contributed by atoms with Gasteiger partial charge in [-0.1, -0.05) is 29.8 Å². The summed E-state index contributed by atoms with van der Waals surface area (Å²) in [5.41, 5.74) is 0.574. The van der Waals surface area contributed by atoms with Crippen molar-refractivity contribution < 1.29 is 19.3 Å². The van der Waals surface area contributed by atoms with Crippen LogP contribution < -0.4 is 15.0 Å². The highest BCUT2D eigenvalue weighted by molar-refractivity contribution is 9.10. The Morgan fingerprint density at radius 2 is 1.82 bits per heavy atom. The van der Waals surface area contributed by atoms with Crippen LogP contribution in [0, 0.1) is 20.2 Å². The third-order valence-corrected chi connectivity index (χ3v) is 6.71. The molecule has 0 aliphatic rings. The Balaban J connectivity index is 1.73. The largest absolute Gasteiger partial charge is 0.493 e. The van der Waals surface area contributed by atoms with Gasteiger partial charge in [0.05, 0.1) is 34.1 Å². The van der Waals surface area contributed by atoms with Gasteiger partial charge in [-0.2, -0.15) is 9.78 Å². The molecule has 0 saturated carbocycles. The number of hydrogen-bond acceptors (Lipinski definition) is 9. The third kappa shape index (κ3) is 5.99. The molecule has 3 aromatic carbocycles. The Kier molecular flexibility index (Phi) is 8.53. The molecule has 206 valence electrons. The molecule has 0 saturated heterocycles. The van der Waals surface area contributed by atoms with E-state index < -0.39 is 9.85 Å². The van der Waals surface area contributed by atoms with E-state index in [9.17, 15) is 25.0 Å². The van der Waals surface area contributed by atoms with E-state index in [2.05, 4.69) is 26.0 Å². The number of ether oxygens (including phenoxy) is 2. The van der Waals surface area contributed by atoms with Crippen LogP contribution in [0.15, 0.2) is 69.0 Å². The van der Waals surface area contributed by atoms with Crippen molar-refractivity contribution in [3.05, 3.63) is 107 Å². The number of fused-ring (bicyclic) bond motifs is 1. The van der Waals surface area contributed by atoms with Crippen molar-refractivity contribution in [1.29, 1.82) is 0 Å². The van der Waals surface area contributed by atoms with Crippen LogP contribution in [0.5, 0.6) is 11.5 Å². The van der Waals surface area contributed by atoms with Crippen LogP contribution >= 0.6 is 15.9 Å². The first-order valence-electron chi connectivity index (χ1n) is 12.1. The molecule has 0 N–H and O–H groups in total. The van der Waals surface area contributed by atoms with Crippen molar-refractivity contribution in [3.8, 4) is 11.5 Å². The van der Waals surface area contributed by atoms with Crippen LogP contribution in [-0.4, -0.2) is 32.8 Å². The van der Waals surface area contributed by atoms with Crippen molar-refractivity contribution in [2.75, 3.05) is 7.11 Å². The summed E-state index contributed by atoms with van der Waals surface area (Å²) in [7, 11) is 1.34. The zero-order valence-corrected chi connectivity index (χ0v) is 23.3. The topological polar surface area (TPSA) is 152 Å². The fraction of sp³-hybridized carbons (Fsp3) is 0.222. The third-order valence-electron chi connectivity index (χ3n) is 6.21. The van der Waals surface area contributed by atoms with Crippen LogP contribution in [0.3, 0.4) is 0 Å². The lowest BCUT2D eigenvalue weighted by molar-refractivity contribution is -0.386. The number of benzene rings is 3. The number of aromatic nitrogens is 2. The van der Waals surface area contributed by atoms with Crippen LogP contribution in [0.25, 0.3) is 10.9 Å². The average molecular weight is 610 g/mol. The first-order chi connectivity index (χ1) is 19.1. The maximum absolute atomic E-state index is 13.4. The summed E-state index contributed by atoms with van der Waals surface area (Å²) in [6.45, 7) is 3.82. The zero-order chi connectivity index (χ0) is 29.0. The number of rotatable bonds is 10. The summed E-state index contributed by atoms with van der Waals surface area (Å²) in [4.78, 5) is 39.7. The van der Waals surface area contributed by atoms with E-state index in [4.69, 9.17) is 9.47 Å². The predicted octanol–water partition coefficient (Wildman–Crippen LogP) is 5.96. The fourth-order valence-electron chi connectivity index (χ4n) is 3.89. The van der Waals surface area contributed by atoms with Gasteiger partial charge in [0.25, 0.3) is 11.2 Å². The van der Waals surface area contributed by atoms with Crippen LogP contribution in [0.2, 0.25) is 0 Å². The highest BCUT2D eigenvalue weighted by Crippen LogP contribution is 2.38. The van der Waals surface area contributed by atoms with Crippen LogP contribution in [-0.2, 0) is 6.61 Å². The van der Waals surface area contributed by atoms with Gasteiger partial charge in [0.2, 0.25) is 5.75 Å².